The van der Waals surface area contributed by atoms with Gasteiger partial charge in [-0.2, -0.15) is 0 Å². The fourth-order valence-electron chi connectivity index (χ4n) is 1.34. The monoisotopic (exact) mass is 303 g/mol. The van der Waals surface area contributed by atoms with Gasteiger partial charge in [-0.25, -0.2) is 9.59 Å². The van der Waals surface area contributed by atoms with E-state index in [1.807, 2.05) is 0 Å². The van der Waals surface area contributed by atoms with E-state index in [1.165, 1.54) is 0 Å². The average Bonchev–Trinajstić information content (AvgIpc) is 2.18. The zero-order valence-corrected chi connectivity index (χ0v) is 13.5. The van der Waals surface area contributed by atoms with Crippen molar-refractivity contribution in [2.75, 3.05) is 0 Å². The number of carboxylic acid groups (broad SMARTS) is 1. The Hall–Kier alpha value is -1.79. The minimum Gasteiger partial charge on any atom is -0.481 e. The molecule has 0 bridgehead atoms. The summed E-state index contributed by atoms with van der Waals surface area (Å²) in [6, 6.07) is -1.06. The van der Waals surface area contributed by atoms with Crippen LogP contribution in [0.25, 0.3) is 0 Å². The van der Waals surface area contributed by atoms with Crippen LogP contribution in [0.15, 0.2) is 0 Å². The van der Waals surface area contributed by atoms with Crippen molar-refractivity contribution in [3.63, 3.8) is 0 Å². The summed E-state index contributed by atoms with van der Waals surface area (Å²) in [5.74, 6) is -1.75. The molecule has 0 rings (SSSR count). The number of carboxylic acids is 1. The maximum atomic E-state index is 12.0. The summed E-state index contributed by atoms with van der Waals surface area (Å²) in [4.78, 5) is 34.3. The van der Waals surface area contributed by atoms with E-state index in [9.17, 15) is 14.4 Å². The van der Waals surface area contributed by atoms with Crippen molar-refractivity contribution in [3.8, 4) is 0 Å². The first-order chi connectivity index (χ1) is 9.30. The molecule has 0 aliphatic heterocycles. The minimum atomic E-state index is -1.06. The predicted octanol–water partition coefficient (Wildman–Crippen LogP) is 2.09. The Bertz CT molecular complexity index is 391. The molecular formula is C14H25NO6. The lowest BCUT2D eigenvalue weighted by Crippen LogP contribution is -2.46. The molecule has 0 aromatic rings. The lowest BCUT2D eigenvalue weighted by Gasteiger charge is -2.26. The van der Waals surface area contributed by atoms with Crippen LogP contribution in [0.3, 0.4) is 0 Å². The second-order valence-electron chi connectivity index (χ2n) is 6.66. The molecule has 2 N–H and O–H groups in total. The number of hydrogen-bond acceptors (Lipinski definition) is 5. The molecule has 0 heterocycles. The number of rotatable bonds is 5. The predicted molar refractivity (Wildman–Crippen MR) is 75.9 cm³/mol. The van der Waals surface area contributed by atoms with Gasteiger partial charge in [-0.3, -0.25) is 4.79 Å². The minimum absolute atomic E-state index is 0.0660. The summed E-state index contributed by atoms with van der Waals surface area (Å²) < 4.78 is 10.2. The van der Waals surface area contributed by atoms with E-state index in [4.69, 9.17) is 14.6 Å². The summed E-state index contributed by atoms with van der Waals surface area (Å²) in [5, 5.41) is 11.1. The first kappa shape index (κ1) is 19.2. The lowest BCUT2D eigenvalue weighted by atomic mass is 10.1. The molecule has 0 saturated carbocycles. The number of ether oxygens (including phenoxy) is 2. The van der Waals surface area contributed by atoms with Gasteiger partial charge in [-0.05, 0) is 48.0 Å². The number of nitrogens with one attached hydrogen (secondary N) is 1. The first-order valence-corrected chi connectivity index (χ1v) is 6.74. The van der Waals surface area contributed by atoms with Crippen LogP contribution in [0.4, 0.5) is 4.79 Å². The molecule has 1 amide bonds. The third kappa shape index (κ3) is 10.6. The maximum absolute atomic E-state index is 12.0. The van der Waals surface area contributed by atoms with Gasteiger partial charge in [-0.15, -0.1) is 0 Å². The van der Waals surface area contributed by atoms with Crippen molar-refractivity contribution in [2.45, 2.75) is 71.6 Å². The van der Waals surface area contributed by atoms with E-state index in [0.29, 0.717) is 0 Å². The average molecular weight is 303 g/mol. The molecule has 0 spiro atoms. The highest BCUT2D eigenvalue weighted by Gasteiger charge is 2.28. The quantitative estimate of drug-likeness (QED) is 0.754. The molecule has 122 valence electrons. The van der Waals surface area contributed by atoms with Crippen molar-refractivity contribution in [1.82, 2.24) is 5.32 Å². The number of aliphatic carboxylic acids is 1. The molecule has 0 aromatic carbocycles. The van der Waals surface area contributed by atoms with E-state index in [-0.39, 0.29) is 12.8 Å². The van der Waals surface area contributed by atoms with Crippen LogP contribution >= 0.6 is 0 Å². The fraction of sp³-hybridized carbons (Fsp3) is 0.786. The van der Waals surface area contributed by atoms with Crippen LogP contribution in [0, 0.1) is 0 Å². The van der Waals surface area contributed by atoms with Gasteiger partial charge < -0.3 is 19.9 Å². The van der Waals surface area contributed by atoms with Crippen LogP contribution in [0.1, 0.15) is 54.4 Å². The third-order valence-electron chi connectivity index (χ3n) is 2.03. The van der Waals surface area contributed by atoms with E-state index in [1.54, 1.807) is 41.5 Å². The second-order valence-corrected chi connectivity index (χ2v) is 6.66. The molecule has 0 aliphatic rings. The van der Waals surface area contributed by atoms with Crippen molar-refractivity contribution < 1.29 is 29.0 Å². The van der Waals surface area contributed by atoms with Crippen LogP contribution in [0.5, 0.6) is 0 Å². The SMILES string of the molecule is CC(C)(C)OC(=O)N[C@H](CCC(=O)O)C(=O)OC(C)(C)C. The van der Waals surface area contributed by atoms with Gasteiger partial charge in [0.2, 0.25) is 0 Å². The number of carbonyl (C=O) groups excluding carboxylic acids is 2. The number of esters is 1. The highest BCUT2D eigenvalue weighted by atomic mass is 16.6. The van der Waals surface area contributed by atoms with E-state index in [0.717, 1.165) is 0 Å². The Kier molecular flexibility index (Phi) is 6.66. The topological polar surface area (TPSA) is 102 Å². The number of amides is 1. The zero-order valence-electron chi connectivity index (χ0n) is 13.5. The fourth-order valence-corrected chi connectivity index (χ4v) is 1.34. The largest absolute Gasteiger partial charge is 0.481 e. The summed E-state index contributed by atoms with van der Waals surface area (Å²) in [6.45, 7) is 10.1. The Morgan fingerprint density at radius 1 is 1.00 bits per heavy atom. The standard InChI is InChI=1S/C14H25NO6/c1-13(2,3)20-11(18)9(7-8-10(16)17)15-12(19)21-14(4,5)6/h9H,7-8H2,1-6H3,(H,15,19)(H,16,17)/t9-/m1/s1. The number of carbonyl (C=O) groups is 3. The first-order valence-electron chi connectivity index (χ1n) is 6.74. The van der Waals surface area contributed by atoms with Crippen molar-refractivity contribution in [3.05, 3.63) is 0 Å². The van der Waals surface area contributed by atoms with Crippen molar-refractivity contribution >= 4 is 18.0 Å². The molecule has 0 fully saturated rings. The Labute approximate surface area is 125 Å². The summed E-state index contributed by atoms with van der Waals surface area (Å²) in [7, 11) is 0. The highest BCUT2D eigenvalue weighted by Crippen LogP contribution is 2.12. The Morgan fingerprint density at radius 2 is 1.48 bits per heavy atom. The molecule has 0 saturated heterocycles. The van der Waals surface area contributed by atoms with Gasteiger partial charge in [0.1, 0.15) is 17.2 Å². The van der Waals surface area contributed by atoms with E-state index >= 15 is 0 Å². The normalized spacial score (nSPS) is 13.2. The van der Waals surface area contributed by atoms with Crippen LogP contribution in [-0.2, 0) is 19.1 Å². The Morgan fingerprint density at radius 3 is 1.86 bits per heavy atom. The molecule has 0 aliphatic carbocycles. The van der Waals surface area contributed by atoms with E-state index in [2.05, 4.69) is 5.32 Å². The smallest absolute Gasteiger partial charge is 0.408 e. The van der Waals surface area contributed by atoms with Crippen molar-refractivity contribution in [2.24, 2.45) is 0 Å². The molecule has 0 unspecified atom stereocenters. The molecule has 7 heteroatoms. The summed E-state index contributed by atoms with van der Waals surface area (Å²) in [5.41, 5.74) is -1.44. The van der Waals surface area contributed by atoms with Gasteiger partial charge in [0.15, 0.2) is 0 Å². The van der Waals surface area contributed by atoms with Crippen LogP contribution < -0.4 is 5.32 Å². The maximum Gasteiger partial charge on any atom is 0.408 e. The van der Waals surface area contributed by atoms with Crippen LogP contribution in [-0.4, -0.2) is 40.4 Å². The van der Waals surface area contributed by atoms with Gasteiger partial charge in [0.05, 0.1) is 0 Å². The number of alkyl carbamates (subject to hydrolysis) is 1. The highest BCUT2D eigenvalue weighted by molar-refractivity contribution is 5.82. The summed E-state index contributed by atoms with van der Waals surface area (Å²) in [6.07, 6.45) is -1.12. The van der Waals surface area contributed by atoms with Gasteiger partial charge in [0.25, 0.3) is 0 Å². The third-order valence-corrected chi connectivity index (χ3v) is 2.03. The molecule has 21 heavy (non-hydrogen) atoms. The Balaban J connectivity index is 4.77. The molecule has 0 radical (unpaired) electrons. The molecule has 0 aromatic heterocycles. The van der Waals surface area contributed by atoms with Crippen LogP contribution in [0.2, 0.25) is 0 Å². The molecular weight excluding hydrogens is 278 g/mol. The van der Waals surface area contributed by atoms with Gasteiger partial charge >= 0.3 is 18.0 Å². The molecule has 1 atom stereocenters. The van der Waals surface area contributed by atoms with E-state index < -0.39 is 35.3 Å². The summed E-state index contributed by atoms with van der Waals surface area (Å²) >= 11 is 0. The van der Waals surface area contributed by atoms with Gasteiger partial charge in [-0.1, -0.05) is 0 Å². The van der Waals surface area contributed by atoms with Crippen molar-refractivity contribution in [1.29, 1.82) is 0 Å². The lowest BCUT2D eigenvalue weighted by molar-refractivity contribution is -0.157. The number of hydrogen-bond donors (Lipinski definition) is 2. The van der Waals surface area contributed by atoms with Gasteiger partial charge in [0, 0.05) is 6.42 Å². The second kappa shape index (κ2) is 7.28. The zero-order chi connectivity index (χ0) is 16.8. The molecule has 7 nitrogen and oxygen atoms in total.